The van der Waals surface area contributed by atoms with Crippen molar-refractivity contribution in [3.63, 3.8) is 0 Å². The number of likely N-dealkylation sites (tertiary alicyclic amines) is 1. The van der Waals surface area contributed by atoms with E-state index in [4.69, 9.17) is 0 Å². The first-order chi connectivity index (χ1) is 8.46. The molecule has 0 bridgehead atoms. The summed E-state index contributed by atoms with van der Waals surface area (Å²) in [4.78, 5) is 14.6. The number of hydrogen-bond donors (Lipinski definition) is 1. The molecule has 1 aliphatic rings. The van der Waals surface area contributed by atoms with Crippen LogP contribution in [0.25, 0.3) is 0 Å². The molecule has 18 heavy (non-hydrogen) atoms. The smallest absolute Gasteiger partial charge is 0.228 e. The minimum atomic E-state index is -0.205. The van der Waals surface area contributed by atoms with Gasteiger partial charge in [-0.3, -0.25) is 4.79 Å². The van der Waals surface area contributed by atoms with Crippen molar-refractivity contribution in [1.82, 2.24) is 10.2 Å². The number of piperidine rings is 1. The standard InChI is InChI=1S/C15H30N2O/c1-6-12-11-17(10-9-13(12)16-8-3)14(18)15(4,5)7-2/h12-13,16H,6-11H2,1-5H3. The van der Waals surface area contributed by atoms with Crippen LogP contribution in [0.1, 0.15) is 53.9 Å². The van der Waals surface area contributed by atoms with Crippen LogP contribution in [-0.2, 0) is 4.79 Å². The molecule has 3 heteroatoms. The van der Waals surface area contributed by atoms with Crippen molar-refractivity contribution < 1.29 is 4.79 Å². The van der Waals surface area contributed by atoms with Gasteiger partial charge in [-0.05, 0) is 25.3 Å². The first kappa shape index (κ1) is 15.5. The van der Waals surface area contributed by atoms with Crippen LogP contribution in [-0.4, -0.2) is 36.5 Å². The molecule has 1 fully saturated rings. The molecule has 2 unspecified atom stereocenters. The van der Waals surface area contributed by atoms with Gasteiger partial charge in [-0.2, -0.15) is 0 Å². The highest BCUT2D eigenvalue weighted by atomic mass is 16.2. The third-order valence-electron chi connectivity index (χ3n) is 4.47. The quantitative estimate of drug-likeness (QED) is 0.818. The Labute approximate surface area is 112 Å². The van der Waals surface area contributed by atoms with Gasteiger partial charge in [-0.15, -0.1) is 0 Å². The number of nitrogens with one attached hydrogen (secondary N) is 1. The maximum Gasteiger partial charge on any atom is 0.228 e. The fourth-order valence-electron chi connectivity index (χ4n) is 2.74. The van der Waals surface area contributed by atoms with Crippen molar-refractivity contribution >= 4 is 5.91 Å². The zero-order chi connectivity index (χ0) is 13.8. The van der Waals surface area contributed by atoms with Crippen molar-refractivity contribution in [3.8, 4) is 0 Å². The van der Waals surface area contributed by atoms with E-state index < -0.39 is 0 Å². The number of carbonyl (C=O) groups excluding carboxylic acids is 1. The van der Waals surface area contributed by atoms with E-state index in [9.17, 15) is 4.79 Å². The zero-order valence-corrected chi connectivity index (χ0v) is 12.8. The molecule has 0 aromatic heterocycles. The molecule has 1 saturated heterocycles. The van der Waals surface area contributed by atoms with Crippen LogP contribution in [0.5, 0.6) is 0 Å². The van der Waals surface area contributed by atoms with E-state index >= 15 is 0 Å². The molecule has 0 aromatic carbocycles. The normalized spacial score (nSPS) is 25.3. The summed E-state index contributed by atoms with van der Waals surface area (Å²) in [5.41, 5.74) is -0.205. The summed E-state index contributed by atoms with van der Waals surface area (Å²) in [6.07, 6.45) is 3.15. The molecule has 1 N–H and O–H groups in total. The second-order valence-corrected chi connectivity index (χ2v) is 6.11. The fraction of sp³-hybridized carbons (Fsp3) is 0.933. The van der Waals surface area contributed by atoms with Crippen LogP contribution in [0.2, 0.25) is 0 Å². The topological polar surface area (TPSA) is 32.3 Å². The van der Waals surface area contributed by atoms with Crippen LogP contribution in [0.3, 0.4) is 0 Å². The first-order valence-electron chi connectivity index (χ1n) is 7.49. The molecule has 1 rings (SSSR count). The van der Waals surface area contributed by atoms with Gasteiger partial charge in [-0.25, -0.2) is 0 Å². The molecule has 0 saturated carbocycles. The molecular weight excluding hydrogens is 224 g/mol. The van der Waals surface area contributed by atoms with Crippen LogP contribution >= 0.6 is 0 Å². The molecule has 3 nitrogen and oxygen atoms in total. The number of nitrogens with zero attached hydrogens (tertiary/aromatic N) is 1. The monoisotopic (exact) mass is 254 g/mol. The second kappa shape index (κ2) is 6.55. The van der Waals surface area contributed by atoms with Crippen molar-refractivity contribution in [2.45, 2.75) is 59.9 Å². The van der Waals surface area contributed by atoms with Crippen LogP contribution in [0, 0.1) is 11.3 Å². The Morgan fingerprint density at radius 3 is 2.50 bits per heavy atom. The summed E-state index contributed by atoms with van der Waals surface area (Å²) >= 11 is 0. The van der Waals surface area contributed by atoms with E-state index in [0.717, 1.165) is 38.9 Å². The van der Waals surface area contributed by atoms with Crippen molar-refractivity contribution in [1.29, 1.82) is 0 Å². The molecular formula is C15H30N2O. The van der Waals surface area contributed by atoms with E-state index in [1.807, 2.05) is 0 Å². The van der Waals surface area contributed by atoms with E-state index in [1.165, 1.54) is 0 Å². The maximum absolute atomic E-state index is 12.5. The highest BCUT2D eigenvalue weighted by molar-refractivity contribution is 5.82. The Morgan fingerprint density at radius 2 is 2.00 bits per heavy atom. The summed E-state index contributed by atoms with van der Waals surface area (Å²) in [5.74, 6) is 0.939. The highest BCUT2D eigenvalue weighted by Gasteiger charge is 2.35. The Morgan fingerprint density at radius 1 is 1.33 bits per heavy atom. The molecule has 1 aliphatic heterocycles. The van der Waals surface area contributed by atoms with Gasteiger partial charge in [0.25, 0.3) is 0 Å². The maximum atomic E-state index is 12.5. The average molecular weight is 254 g/mol. The van der Waals surface area contributed by atoms with Crippen molar-refractivity contribution in [2.75, 3.05) is 19.6 Å². The van der Waals surface area contributed by atoms with Crippen molar-refractivity contribution in [2.24, 2.45) is 11.3 Å². The SMILES string of the molecule is CCNC1CCN(C(=O)C(C)(C)CC)CC1CC. The summed E-state index contributed by atoms with van der Waals surface area (Å²) in [6, 6.07) is 0.591. The largest absolute Gasteiger partial charge is 0.342 e. The first-order valence-corrected chi connectivity index (χ1v) is 7.49. The van der Waals surface area contributed by atoms with Gasteiger partial charge in [0.2, 0.25) is 5.91 Å². The molecule has 106 valence electrons. The van der Waals surface area contributed by atoms with Crippen LogP contribution < -0.4 is 5.32 Å². The third kappa shape index (κ3) is 3.47. The number of rotatable bonds is 5. The third-order valence-corrected chi connectivity index (χ3v) is 4.47. The predicted molar refractivity (Wildman–Crippen MR) is 76.5 cm³/mol. The van der Waals surface area contributed by atoms with E-state index in [2.05, 4.69) is 44.8 Å². The van der Waals surface area contributed by atoms with E-state index in [1.54, 1.807) is 0 Å². The van der Waals surface area contributed by atoms with Gasteiger partial charge in [-0.1, -0.05) is 41.0 Å². The lowest BCUT2D eigenvalue weighted by Crippen LogP contribution is -2.53. The summed E-state index contributed by atoms with van der Waals surface area (Å²) in [7, 11) is 0. The Kier molecular flexibility index (Phi) is 5.64. The lowest BCUT2D eigenvalue weighted by Gasteiger charge is -2.41. The molecule has 0 aliphatic carbocycles. The van der Waals surface area contributed by atoms with Gasteiger partial charge in [0.1, 0.15) is 0 Å². The second-order valence-electron chi connectivity index (χ2n) is 6.11. The van der Waals surface area contributed by atoms with E-state index in [0.29, 0.717) is 17.9 Å². The molecule has 1 amide bonds. The molecule has 2 atom stereocenters. The highest BCUT2D eigenvalue weighted by Crippen LogP contribution is 2.27. The van der Waals surface area contributed by atoms with Crippen LogP contribution in [0.15, 0.2) is 0 Å². The number of hydrogen-bond acceptors (Lipinski definition) is 2. The Balaban J connectivity index is 2.65. The van der Waals surface area contributed by atoms with Gasteiger partial charge >= 0.3 is 0 Å². The predicted octanol–water partition coefficient (Wildman–Crippen LogP) is 2.66. The van der Waals surface area contributed by atoms with Gasteiger partial charge < -0.3 is 10.2 Å². The number of amides is 1. The van der Waals surface area contributed by atoms with Gasteiger partial charge in [0.05, 0.1) is 0 Å². The van der Waals surface area contributed by atoms with Gasteiger partial charge in [0, 0.05) is 24.5 Å². The average Bonchev–Trinajstić information content (AvgIpc) is 2.38. The molecule has 0 spiro atoms. The van der Waals surface area contributed by atoms with E-state index in [-0.39, 0.29) is 5.41 Å². The molecule has 0 radical (unpaired) electrons. The lowest BCUT2D eigenvalue weighted by molar-refractivity contribution is -0.142. The Bertz CT molecular complexity index is 276. The Hall–Kier alpha value is -0.570. The fourth-order valence-corrected chi connectivity index (χ4v) is 2.74. The minimum Gasteiger partial charge on any atom is -0.342 e. The summed E-state index contributed by atoms with van der Waals surface area (Å²) < 4.78 is 0. The summed E-state index contributed by atoms with van der Waals surface area (Å²) in [6.45, 7) is 13.5. The van der Waals surface area contributed by atoms with Gasteiger partial charge in [0.15, 0.2) is 0 Å². The minimum absolute atomic E-state index is 0.205. The molecule has 0 aromatic rings. The summed E-state index contributed by atoms with van der Waals surface area (Å²) in [5, 5.41) is 3.56. The number of carbonyl (C=O) groups is 1. The lowest BCUT2D eigenvalue weighted by atomic mass is 9.85. The molecule has 1 heterocycles. The van der Waals surface area contributed by atoms with Crippen molar-refractivity contribution in [3.05, 3.63) is 0 Å². The van der Waals surface area contributed by atoms with Crippen LogP contribution in [0.4, 0.5) is 0 Å². The zero-order valence-electron chi connectivity index (χ0n) is 12.8.